The Morgan fingerprint density at radius 3 is 1.86 bits per heavy atom. The smallest absolute Gasteiger partial charge is 0.303 e. The predicted octanol–water partition coefficient (Wildman–Crippen LogP) is 7.66. The monoisotopic (exact) mass is 580 g/mol. The van der Waals surface area contributed by atoms with Crippen molar-refractivity contribution in [3.63, 3.8) is 0 Å². The summed E-state index contributed by atoms with van der Waals surface area (Å²) in [6, 6.07) is 8.32. The first kappa shape index (κ1) is 30.0. The summed E-state index contributed by atoms with van der Waals surface area (Å²) in [5, 5.41) is 19.0. The van der Waals surface area contributed by atoms with Crippen molar-refractivity contribution >= 4 is 56.3 Å². The largest absolute Gasteiger partial charge is 0.481 e. The van der Waals surface area contributed by atoms with Gasteiger partial charge in [-0.25, -0.2) is 9.97 Å². The van der Waals surface area contributed by atoms with Crippen LogP contribution in [0.25, 0.3) is 44.4 Å². The lowest BCUT2D eigenvalue weighted by Gasteiger charge is -2.03. The Balaban J connectivity index is 1.96. The average Bonchev–Trinajstić information content (AvgIpc) is 3.59. The van der Waals surface area contributed by atoms with Crippen LogP contribution >= 0.6 is 0 Å². The molecular weight excluding hydrogens is 540 g/mol. The molecular formula is C35H40N4O4. The molecule has 0 saturated heterocycles. The number of allylic oxidation sites excluding steroid dienone is 4. The van der Waals surface area contributed by atoms with Crippen molar-refractivity contribution in [1.29, 1.82) is 0 Å². The molecule has 0 atom stereocenters. The zero-order chi connectivity index (χ0) is 31.2. The lowest BCUT2D eigenvalue weighted by molar-refractivity contribution is -0.137. The lowest BCUT2D eigenvalue weighted by Crippen LogP contribution is -1.98. The van der Waals surface area contributed by atoms with Crippen molar-refractivity contribution in [1.82, 2.24) is 19.5 Å². The third kappa shape index (κ3) is 5.42. The normalized spacial score (nSPS) is 13.3. The van der Waals surface area contributed by atoms with Crippen LogP contribution in [0.1, 0.15) is 98.4 Å². The van der Waals surface area contributed by atoms with E-state index in [1.54, 1.807) is 0 Å². The number of rotatable bonds is 8. The van der Waals surface area contributed by atoms with E-state index in [0.717, 1.165) is 79.8 Å². The maximum atomic E-state index is 11.6. The lowest BCUT2D eigenvalue weighted by atomic mass is 10.00. The minimum absolute atomic E-state index is 0.000959. The van der Waals surface area contributed by atoms with Crippen LogP contribution in [0.3, 0.4) is 0 Å². The molecule has 0 spiro atoms. The van der Waals surface area contributed by atoms with E-state index in [4.69, 9.17) is 9.97 Å². The van der Waals surface area contributed by atoms with Gasteiger partial charge in [0.2, 0.25) is 0 Å². The molecule has 8 bridgehead atoms. The van der Waals surface area contributed by atoms with Crippen LogP contribution < -0.4 is 0 Å². The summed E-state index contributed by atoms with van der Waals surface area (Å²) in [6.07, 6.45) is 2.41. The van der Waals surface area contributed by atoms with Gasteiger partial charge in [-0.3, -0.25) is 9.59 Å². The van der Waals surface area contributed by atoms with Crippen molar-refractivity contribution < 1.29 is 19.8 Å². The highest BCUT2D eigenvalue weighted by atomic mass is 16.4. The number of nitrogens with one attached hydrogen (secondary N) is 1. The molecule has 0 unspecified atom stereocenters. The van der Waals surface area contributed by atoms with Gasteiger partial charge in [-0.15, -0.1) is 0 Å². The number of aromatic amines is 1. The second-order valence-electron chi connectivity index (χ2n) is 11.5. The number of nitrogens with zero attached hydrogens (tertiary/aromatic N) is 3. The Morgan fingerprint density at radius 2 is 1.26 bits per heavy atom. The van der Waals surface area contributed by atoms with Gasteiger partial charge in [0.15, 0.2) is 0 Å². The van der Waals surface area contributed by atoms with E-state index in [2.05, 4.69) is 62.5 Å². The van der Waals surface area contributed by atoms with Crippen LogP contribution in [0.4, 0.5) is 0 Å². The number of aliphatic carboxylic acids is 2. The number of hydrogen-bond donors (Lipinski definition) is 3. The van der Waals surface area contributed by atoms with Gasteiger partial charge < -0.3 is 19.8 Å². The molecule has 3 aromatic heterocycles. The van der Waals surface area contributed by atoms with Crippen molar-refractivity contribution in [3.8, 4) is 0 Å². The molecule has 0 aliphatic carbocycles. The molecule has 0 amide bonds. The second-order valence-corrected chi connectivity index (χ2v) is 11.5. The highest BCUT2D eigenvalue weighted by Gasteiger charge is 2.21. The number of hydrogen-bond acceptors (Lipinski definition) is 4. The second kappa shape index (κ2) is 11.7. The maximum Gasteiger partial charge on any atom is 0.303 e. The number of carbonyl (C=O) groups is 2. The number of aromatic nitrogens is 4. The van der Waals surface area contributed by atoms with E-state index in [-0.39, 0.29) is 12.8 Å². The van der Waals surface area contributed by atoms with Crippen molar-refractivity contribution in [2.24, 2.45) is 7.05 Å². The molecule has 3 N–H and O–H groups in total. The Morgan fingerprint density at radius 1 is 0.698 bits per heavy atom. The summed E-state index contributed by atoms with van der Waals surface area (Å²) in [4.78, 5) is 36.9. The van der Waals surface area contributed by atoms with E-state index in [1.807, 2.05) is 19.9 Å². The predicted molar refractivity (Wildman–Crippen MR) is 173 cm³/mol. The SMILES string of the molecule is CCC1=C(C)c2cc3c(CC)c(C)c(cc4nc(cc5[nH]c(cc1n2)c(C)c5CCC(=O)O)C(CCC(=O)O)=C4C)n3C. The molecule has 43 heavy (non-hydrogen) atoms. The Hall–Kier alpha value is -4.46. The van der Waals surface area contributed by atoms with Crippen LogP contribution in [0.2, 0.25) is 0 Å². The zero-order valence-corrected chi connectivity index (χ0v) is 26.1. The van der Waals surface area contributed by atoms with Crippen LogP contribution in [0.15, 0.2) is 24.3 Å². The van der Waals surface area contributed by atoms with Gasteiger partial charge >= 0.3 is 11.9 Å². The summed E-state index contributed by atoms with van der Waals surface area (Å²) in [5.41, 5.74) is 15.7. The number of carboxylic acids is 2. The number of H-pyrrole nitrogens is 1. The van der Waals surface area contributed by atoms with Crippen LogP contribution in [-0.4, -0.2) is 41.7 Å². The fourth-order valence-corrected chi connectivity index (χ4v) is 6.57. The maximum absolute atomic E-state index is 11.6. The average molecular weight is 581 g/mol. The van der Waals surface area contributed by atoms with E-state index in [9.17, 15) is 19.8 Å². The number of aryl methyl sites for hydroxylation is 5. The Bertz CT molecular complexity index is 1900. The molecule has 5 heterocycles. The first-order valence-electron chi connectivity index (χ1n) is 15.0. The fraction of sp³-hybridized carbons (Fsp3) is 0.371. The first-order chi connectivity index (χ1) is 20.4. The van der Waals surface area contributed by atoms with Gasteiger partial charge in [0.25, 0.3) is 0 Å². The first-order valence-corrected chi connectivity index (χ1v) is 15.0. The van der Waals surface area contributed by atoms with Crippen molar-refractivity contribution in [2.45, 2.75) is 80.1 Å². The van der Waals surface area contributed by atoms with Crippen LogP contribution in [0, 0.1) is 13.8 Å². The van der Waals surface area contributed by atoms with E-state index < -0.39 is 11.9 Å². The van der Waals surface area contributed by atoms with Gasteiger partial charge in [-0.05, 0) is 122 Å². The molecule has 5 rings (SSSR count). The number of fused-ring (bicyclic) bond motifs is 8. The molecule has 0 fully saturated rings. The minimum Gasteiger partial charge on any atom is -0.481 e. The molecule has 0 radical (unpaired) electrons. The summed E-state index contributed by atoms with van der Waals surface area (Å²) in [7, 11) is 2.08. The molecule has 8 nitrogen and oxygen atoms in total. The van der Waals surface area contributed by atoms with Crippen molar-refractivity contribution in [3.05, 3.63) is 69.3 Å². The highest BCUT2D eigenvalue weighted by molar-refractivity contribution is 5.95. The zero-order valence-electron chi connectivity index (χ0n) is 26.1. The van der Waals surface area contributed by atoms with E-state index in [1.165, 1.54) is 16.7 Å². The molecule has 2 aliphatic rings. The third-order valence-corrected chi connectivity index (χ3v) is 9.09. The van der Waals surface area contributed by atoms with Gasteiger partial charge in [-0.1, -0.05) is 13.8 Å². The molecule has 8 heteroatoms. The van der Waals surface area contributed by atoms with Gasteiger partial charge in [-0.2, -0.15) is 0 Å². The Labute approximate surface area is 251 Å². The summed E-state index contributed by atoms with van der Waals surface area (Å²) in [6.45, 7) is 12.6. The quantitative estimate of drug-likeness (QED) is 0.252. The number of carboxylic acid groups (broad SMARTS) is 2. The summed E-state index contributed by atoms with van der Waals surface area (Å²) >= 11 is 0. The van der Waals surface area contributed by atoms with E-state index in [0.29, 0.717) is 18.5 Å². The summed E-state index contributed by atoms with van der Waals surface area (Å²) in [5.74, 6) is -1.72. The van der Waals surface area contributed by atoms with Crippen LogP contribution in [-0.2, 0) is 29.5 Å². The fourth-order valence-electron chi connectivity index (χ4n) is 6.57. The van der Waals surface area contributed by atoms with Gasteiger partial charge in [0.05, 0.1) is 22.8 Å². The van der Waals surface area contributed by atoms with E-state index >= 15 is 0 Å². The standard InChI is InChI=1S/C35H40N4O4/c1-8-22-18(3)28-17-33-23(9-2)21(6)32(39(33)7)16-27-20(5)25(11-13-35(42)43)31(38-27)15-30-24(10-12-34(40)41)19(4)26(36-30)14-29(22)37-28/h14-17,36H,8-13H2,1-7H3,(H,40,41)(H,42,43). The molecule has 224 valence electrons. The van der Waals surface area contributed by atoms with Gasteiger partial charge in [0.1, 0.15) is 0 Å². The molecule has 0 aromatic carbocycles. The van der Waals surface area contributed by atoms with Gasteiger partial charge in [0, 0.05) is 42.0 Å². The van der Waals surface area contributed by atoms with Crippen molar-refractivity contribution in [2.75, 3.05) is 0 Å². The third-order valence-electron chi connectivity index (χ3n) is 9.09. The summed E-state index contributed by atoms with van der Waals surface area (Å²) < 4.78 is 2.21. The highest BCUT2D eigenvalue weighted by Crippen LogP contribution is 2.37. The molecule has 2 aliphatic heterocycles. The Kier molecular flexibility index (Phi) is 8.14. The molecule has 3 aromatic rings. The van der Waals surface area contributed by atoms with Crippen LogP contribution in [0.5, 0.6) is 0 Å². The molecule has 0 saturated carbocycles. The minimum atomic E-state index is -0.861. The topological polar surface area (TPSA) is 121 Å².